The minimum Gasteiger partial charge on any atom is -0.494 e. The first-order valence-electron chi connectivity index (χ1n) is 9.00. The Morgan fingerprint density at radius 1 is 1.21 bits per heavy atom. The average Bonchev–Trinajstić information content (AvgIpc) is 3.25. The summed E-state index contributed by atoms with van der Waals surface area (Å²) in [5.74, 6) is 1.99. The molecule has 1 aliphatic rings. The lowest BCUT2D eigenvalue weighted by Crippen LogP contribution is -2.18. The van der Waals surface area contributed by atoms with Crippen molar-refractivity contribution in [2.24, 2.45) is 5.73 Å². The lowest BCUT2D eigenvalue weighted by Gasteiger charge is -2.15. The summed E-state index contributed by atoms with van der Waals surface area (Å²) in [6.45, 7) is 4.84. The quantitative estimate of drug-likeness (QED) is 0.694. The number of imidazole rings is 1. The molecule has 1 aromatic heterocycles. The Morgan fingerprint density at radius 3 is 2.92 bits per heavy atom. The molecule has 5 heteroatoms. The Kier molecular flexibility index (Phi) is 6.26. The van der Waals surface area contributed by atoms with Gasteiger partial charge in [0.05, 0.1) is 6.61 Å². The van der Waals surface area contributed by atoms with Crippen LogP contribution in [0.2, 0.25) is 0 Å². The van der Waals surface area contributed by atoms with Crippen molar-refractivity contribution in [2.75, 3.05) is 26.2 Å². The molecule has 0 unspecified atom stereocenters. The summed E-state index contributed by atoms with van der Waals surface area (Å²) in [5.41, 5.74) is 8.00. The van der Waals surface area contributed by atoms with Crippen molar-refractivity contribution in [1.29, 1.82) is 0 Å². The molecule has 0 bridgehead atoms. The number of nitrogens with one attached hydrogen (secondary N) is 1. The summed E-state index contributed by atoms with van der Waals surface area (Å²) in [5, 5.41) is 0. The van der Waals surface area contributed by atoms with Gasteiger partial charge in [-0.05, 0) is 56.6 Å². The van der Waals surface area contributed by atoms with Gasteiger partial charge in [0.2, 0.25) is 0 Å². The van der Waals surface area contributed by atoms with E-state index in [9.17, 15) is 0 Å². The zero-order chi connectivity index (χ0) is 16.6. The van der Waals surface area contributed by atoms with Crippen molar-refractivity contribution >= 4 is 0 Å². The number of H-pyrrole nitrogens is 1. The normalized spacial score (nSPS) is 15.0. The third-order valence-electron chi connectivity index (χ3n) is 4.42. The lowest BCUT2D eigenvalue weighted by molar-refractivity contribution is 0.306. The van der Waals surface area contributed by atoms with Crippen LogP contribution in [0, 0.1) is 0 Å². The SMILES string of the molecule is NCCc1cnc(CCCOc2cccc(CN3CCCC3)c2)[nH]1. The number of likely N-dealkylation sites (tertiary alicyclic amines) is 1. The second kappa shape index (κ2) is 8.85. The van der Waals surface area contributed by atoms with E-state index in [-0.39, 0.29) is 0 Å². The fraction of sp³-hybridized carbons (Fsp3) is 0.526. The summed E-state index contributed by atoms with van der Waals surface area (Å²) in [7, 11) is 0. The summed E-state index contributed by atoms with van der Waals surface area (Å²) < 4.78 is 5.91. The van der Waals surface area contributed by atoms with Crippen LogP contribution in [-0.4, -0.2) is 41.1 Å². The zero-order valence-electron chi connectivity index (χ0n) is 14.3. The largest absolute Gasteiger partial charge is 0.494 e. The molecule has 3 rings (SSSR count). The van der Waals surface area contributed by atoms with Crippen LogP contribution in [0.3, 0.4) is 0 Å². The maximum absolute atomic E-state index is 5.91. The second-order valence-corrected chi connectivity index (χ2v) is 6.48. The Hall–Kier alpha value is -1.85. The van der Waals surface area contributed by atoms with Gasteiger partial charge in [-0.15, -0.1) is 0 Å². The molecule has 0 atom stereocenters. The van der Waals surface area contributed by atoms with Crippen LogP contribution < -0.4 is 10.5 Å². The van der Waals surface area contributed by atoms with E-state index in [0.29, 0.717) is 13.2 Å². The summed E-state index contributed by atoms with van der Waals surface area (Å²) >= 11 is 0. The highest BCUT2D eigenvalue weighted by Gasteiger charge is 2.11. The third-order valence-corrected chi connectivity index (χ3v) is 4.42. The van der Waals surface area contributed by atoms with E-state index >= 15 is 0 Å². The first kappa shape index (κ1) is 17.0. The summed E-state index contributed by atoms with van der Waals surface area (Å²) in [6.07, 6.45) is 7.24. The molecular weight excluding hydrogens is 300 g/mol. The maximum atomic E-state index is 5.91. The van der Waals surface area contributed by atoms with Crippen molar-refractivity contribution in [3.8, 4) is 5.75 Å². The molecule has 0 aliphatic carbocycles. The Balaban J connectivity index is 1.41. The number of benzene rings is 1. The number of hydrogen-bond acceptors (Lipinski definition) is 4. The molecular formula is C19H28N4O. The van der Waals surface area contributed by atoms with Gasteiger partial charge >= 0.3 is 0 Å². The van der Waals surface area contributed by atoms with E-state index in [1.54, 1.807) is 0 Å². The summed E-state index contributed by atoms with van der Waals surface area (Å²) in [4.78, 5) is 10.2. The summed E-state index contributed by atoms with van der Waals surface area (Å²) in [6, 6.07) is 8.49. The Morgan fingerprint density at radius 2 is 2.08 bits per heavy atom. The first-order valence-corrected chi connectivity index (χ1v) is 9.00. The number of ether oxygens (including phenoxy) is 1. The molecule has 24 heavy (non-hydrogen) atoms. The van der Waals surface area contributed by atoms with Crippen LogP contribution in [0.1, 0.15) is 36.3 Å². The molecule has 1 saturated heterocycles. The highest BCUT2D eigenvalue weighted by atomic mass is 16.5. The maximum Gasteiger partial charge on any atom is 0.119 e. The molecule has 3 N–H and O–H groups in total. The molecule has 0 saturated carbocycles. The van der Waals surface area contributed by atoms with Crippen molar-refractivity contribution in [2.45, 2.75) is 38.6 Å². The minimum atomic E-state index is 0.651. The Bertz CT molecular complexity index is 619. The van der Waals surface area contributed by atoms with Crippen LogP contribution >= 0.6 is 0 Å². The number of aromatic amines is 1. The molecule has 0 radical (unpaired) electrons. The van der Waals surface area contributed by atoms with Crippen LogP contribution in [0.25, 0.3) is 0 Å². The highest BCUT2D eigenvalue weighted by molar-refractivity contribution is 5.28. The second-order valence-electron chi connectivity index (χ2n) is 6.48. The van der Waals surface area contributed by atoms with E-state index in [1.165, 1.54) is 31.5 Å². The van der Waals surface area contributed by atoms with Gasteiger partial charge in [-0.2, -0.15) is 0 Å². The number of nitrogens with zero attached hydrogens (tertiary/aromatic N) is 2. The van der Waals surface area contributed by atoms with Crippen LogP contribution in [0.15, 0.2) is 30.5 Å². The smallest absolute Gasteiger partial charge is 0.119 e. The van der Waals surface area contributed by atoms with Crippen molar-refractivity contribution in [3.05, 3.63) is 47.5 Å². The molecule has 0 amide bonds. The van der Waals surface area contributed by atoms with Crippen molar-refractivity contribution < 1.29 is 4.74 Å². The van der Waals surface area contributed by atoms with Gasteiger partial charge < -0.3 is 15.5 Å². The number of aromatic nitrogens is 2. The van der Waals surface area contributed by atoms with Crippen LogP contribution in [0.4, 0.5) is 0 Å². The molecule has 1 fully saturated rings. The van der Waals surface area contributed by atoms with Gasteiger partial charge in [-0.1, -0.05) is 12.1 Å². The van der Waals surface area contributed by atoms with E-state index in [1.807, 2.05) is 12.3 Å². The Labute approximate surface area is 144 Å². The zero-order valence-corrected chi connectivity index (χ0v) is 14.3. The number of nitrogens with two attached hydrogens (primary N) is 1. The predicted molar refractivity (Wildman–Crippen MR) is 96.1 cm³/mol. The fourth-order valence-electron chi connectivity index (χ4n) is 3.18. The fourth-order valence-corrected chi connectivity index (χ4v) is 3.18. The average molecular weight is 328 g/mol. The van der Waals surface area contributed by atoms with Gasteiger partial charge in [0, 0.05) is 31.3 Å². The molecule has 5 nitrogen and oxygen atoms in total. The van der Waals surface area contributed by atoms with E-state index < -0.39 is 0 Å². The highest BCUT2D eigenvalue weighted by Crippen LogP contribution is 2.18. The topological polar surface area (TPSA) is 67.2 Å². The van der Waals surface area contributed by atoms with E-state index in [0.717, 1.165) is 43.1 Å². The standard InChI is InChI=1S/C19H28N4O/c20-9-8-17-14-21-19(22-17)7-4-12-24-18-6-3-5-16(13-18)15-23-10-1-2-11-23/h3,5-6,13-14H,1-2,4,7-12,15,20H2,(H,21,22). The van der Waals surface area contributed by atoms with Crippen LogP contribution in [-0.2, 0) is 19.4 Å². The lowest BCUT2D eigenvalue weighted by atomic mass is 10.2. The molecule has 2 aromatic rings. The molecule has 1 aromatic carbocycles. The number of hydrogen-bond donors (Lipinski definition) is 2. The number of rotatable bonds is 9. The molecule has 130 valence electrons. The van der Waals surface area contributed by atoms with Crippen molar-refractivity contribution in [1.82, 2.24) is 14.9 Å². The van der Waals surface area contributed by atoms with Gasteiger partial charge in [0.15, 0.2) is 0 Å². The number of aryl methyl sites for hydroxylation is 1. The third kappa shape index (κ3) is 5.08. The van der Waals surface area contributed by atoms with E-state index in [4.69, 9.17) is 10.5 Å². The van der Waals surface area contributed by atoms with Gasteiger partial charge in [-0.3, -0.25) is 4.90 Å². The molecule has 2 heterocycles. The predicted octanol–water partition coefficient (Wildman–Crippen LogP) is 2.52. The molecule has 1 aliphatic heterocycles. The monoisotopic (exact) mass is 328 g/mol. The van der Waals surface area contributed by atoms with Gasteiger partial charge in [0.25, 0.3) is 0 Å². The first-order chi connectivity index (χ1) is 11.8. The van der Waals surface area contributed by atoms with Gasteiger partial charge in [-0.25, -0.2) is 4.98 Å². The van der Waals surface area contributed by atoms with E-state index in [2.05, 4.69) is 33.1 Å². The van der Waals surface area contributed by atoms with Crippen molar-refractivity contribution in [3.63, 3.8) is 0 Å². The minimum absolute atomic E-state index is 0.651. The molecule has 0 spiro atoms. The van der Waals surface area contributed by atoms with Crippen LogP contribution in [0.5, 0.6) is 5.75 Å². The van der Waals surface area contributed by atoms with Gasteiger partial charge in [0.1, 0.15) is 11.6 Å².